The Labute approximate surface area is 112 Å². The van der Waals surface area contributed by atoms with Gasteiger partial charge < -0.3 is 5.32 Å². The van der Waals surface area contributed by atoms with E-state index in [1.165, 1.54) is 69.0 Å². The van der Waals surface area contributed by atoms with Gasteiger partial charge in [-0.15, -0.1) is 0 Å². The van der Waals surface area contributed by atoms with Gasteiger partial charge >= 0.3 is 0 Å². The van der Waals surface area contributed by atoms with E-state index in [-0.39, 0.29) is 0 Å². The molecule has 1 aliphatic carbocycles. The third kappa shape index (κ3) is 4.36. The number of hydrogen-bond donors (Lipinski definition) is 1. The average Bonchev–Trinajstić information content (AvgIpc) is 2.35. The Morgan fingerprint density at radius 3 is 2.17 bits per heavy atom. The van der Waals surface area contributed by atoms with E-state index >= 15 is 0 Å². The first-order valence-electron chi connectivity index (χ1n) is 7.74. The summed E-state index contributed by atoms with van der Waals surface area (Å²) in [4.78, 5) is 0. The van der Waals surface area contributed by atoms with Crippen molar-refractivity contribution in [2.45, 2.75) is 70.8 Å². The Balaban J connectivity index is 1.86. The molecule has 0 spiro atoms. The number of nitrogens with one attached hydrogen (secondary N) is 1. The van der Waals surface area contributed by atoms with Gasteiger partial charge in [0.1, 0.15) is 0 Å². The monoisotopic (exact) mass is 245 g/mol. The summed E-state index contributed by atoms with van der Waals surface area (Å²) in [6, 6.07) is 9.75. The summed E-state index contributed by atoms with van der Waals surface area (Å²) >= 11 is 0. The van der Waals surface area contributed by atoms with Crippen LogP contribution in [0.5, 0.6) is 0 Å². The van der Waals surface area contributed by atoms with Crippen LogP contribution in [0.4, 0.5) is 5.69 Å². The fourth-order valence-corrected chi connectivity index (χ4v) is 2.89. The molecule has 1 fully saturated rings. The van der Waals surface area contributed by atoms with Crippen LogP contribution in [-0.2, 0) is 6.42 Å². The van der Waals surface area contributed by atoms with Crippen molar-refractivity contribution in [2.75, 3.05) is 5.32 Å². The lowest BCUT2D eigenvalue weighted by atomic mass is 9.96. The maximum Gasteiger partial charge on any atom is 0.0342 e. The first-order valence-corrected chi connectivity index (χ1v) is 7.74. The molecule has 0 radical (unpaired) electrons. The van der Waals surface area contributed by atoms with E-state index < -0.39 is 0 Å². The zero-order valence-electron chi connectivity index (χ0n) is 11.8. The zero-order valence-corrected chi connectivity index (χ0v) is 11.8. The van der Waals surface area contributed by atoms with Crippen molar-refractivity contribution < 1.29 is 0 Å². The van der Waals surface area contributed by atoms with Crippen molar-refractivity contribution in [2.24, 2.45) is 0 Å². The van der Waals surface area contributed by atoms with E-state index in [1.807, 2.05) is 0 Å². The quantitative estimate of drug-likeness (QED) is 0.772. The fraction of sp³-hybridized carbons (Fsp3) is 0.647. The fourth-order valence-electron chi connectivity index (χ4n) is 2.89. The van der Waals surface area contributed by atoms with Crippen LogP contribution in [0.3, 0.4) is 0 Å². The van der Waals surface area contributed by atoms with Crippen molar-refractivity contribution in [1.82, 2.24) is 0 Å². The molecule has 1 nitrogen and oxygen atoms in total. The Morgan fingerprint density at radius 1 is 0.944 bits per heavy atom. The summed E-state index contributed by atoms with van der Waals surface area (Å²) in [5.41, 5.74) is 2.76. The molecule has 2 rings (SSSR count). The molecule has 0 atom stereocenters. The Hall–Kier alpha value is -0.980. The molecule has 100 valence electrons. The standard InChI is InChI=1S/C17H27N/c1-2-8-15-11-13-17(14-12-15)18-16-9-6-4-3-5-7-10-16/h11-14,16,18H,2-10H2,1H3. The summed E-state index contributed by atoms with van der Waals surface area (Å²) in [5.74, 6) is 0. The number of benzene rings is 1. The van der Waals surface area contributed by atoms with E-state index in [1.54, 1.807) is 0 Å². The maximum atomic E-state index is 3.72. The molecule has 0 aliphatic heterocycles. The van der Waals surface area contributed by atoms with Crippen molar-refractivity contribution in [3.05, 3.63) is 29.8 Å². The number of hydrogen-bond acceptors (Lipinski definition) is 1. The SMILES string of the molecule is CCCc1ccc(NC2CCCCCCC2)cc1. The van der Waals surface area contributed by atoms with Gasteiger partial charge in [0.05, 0.1) is 0 Å². The molecule has 18 heavy (non-hydrogen) atoms. The normalized spacial score (nSPS) is 18.1. The minimum atomic E-state index is 0.697. The van der Waals surface area contributed by atoms with E-state index in [4.69, 9.17) is 0 Å². The highest BCUT2D eigenvalue weighted by atomic mass is 14.9. The van der Waals surface area contributed by atoms with Crippen molar-refractivity contribution in [1.29, 1.82) is 0 Å². The minimum Gasteiger partial charge on any atom is -0.382 e. The average molecular weight is 245 g/mol. The van der Waals surface area contributed by atoms with Gasteiger partial charge in [0.25, 0.3) is 0 Å². The van der Waals surface area contributed by atoms with Gasteiger partial charge in [-0.3, -0.25) is 0 Å². The molecular weight excluding hydrogens is 218 g/mol. The summed E-state index contributed by atoms with van der Waals surface area (Å²) in [7, 11) is 0. The van der Waals surface area contributed by atoms with E-state index in [0.717, 1.165) is 0 Å². The van der Waals surface area contributed by atoms with E-state index in [2.05, 4.69) is 36.5 Å². The first kappa shape index (κ1) is 13.5. The van der Waals surface area contributed by atoms with Gasteiger partial charge in [0.15, 0.2) is 0 Å². The largest absolute Gasteiger partial charge is 0.382 e. The molecule has 0 aromatic heterocycles. The smallest absolute Gasteiger partial charge is 0.0342 e. The van der Waals surface area contributed by atoms with Gasteiger partial charge in [-0.2, -0.15) is 0 Å². The lowest BCUT2D eigenvalue weighted by Crippen LogP contribution is -2.20. The van der Waals surface area contributed by atoms with Crippen LogP contribution in [0.1, 0.15) is 63.9 Å². The minimum absolute atomic E-state index is 0.697. The summed E-state index contributed by atoms with van der Waals surface area (Å²) < 4.78 is 0. The summed E-state index contributed by atoms with van der Waals surface area (Å²) in [5, 5.41) is 3.72. The van der Waals surface area contributed by atoms with Crippen molar-refractivity contribution in [3.8, 4) is 0 Å². The number of aryl methyl sites for hydroxylation is 1. The summed E-state index contributed by atoms with van der Waals surface area (Å²) in [6.07, 6.45) is 12.2. The Kier molecular flexibility index (Phi) is 5.57. The van der Waals surface area contributed by atoms with Crippen molar-refractivity contribution >= 4 is 5.69 Å². The van der Waals surface area contributed by atoms with E-state index in [0.29, 0.717) is 6.04 Å². The first-order chi connectivity index (χ1) is 8.88. The molecule has 0 bridgehead atoms. The molecule has 1 N–H and O–H groups in total. The molecule has 1 aromatic rings. The van der Waals surface area contributed by atoms with Gasteiger partial charge in [0, 0.05) is 11.7 Å². The molecule has 0 amide bonds. The molecule has 1 aromatic carbocycles. The third-order valence-electron chi connectivity index (χ3n) is 3.97. The van der Waals surface area contributed by atoms with Gasteiger partial charge in [-0.25, -0.2) is 0 Å². The second-order valence-electron chi connectivity index (χ2n) is 5.63. The van der Waals surface area contributed by atoms with Gasteiger partial charge in [-0.05, 0) is 37.0 Å². The van der Waals surface area contributed by atoms with Crippen LogP contribution in [-0.4, -0.2) is 6.04 Å². The highest BCUT2D eigenvalue weighted by Crippen LogP contribution is 2.21. The number of anilines is 1. The Morgan fingerprint density at radius 2 is 1.56 bits per heavy atom. The lowest BCUT2D eigenvalue weighted by molar-refractivity contribution is 0.471. The van der Waals surface area contributed by atoms with Crippen LogP contribution < -0.4 is 5.32 Å². The molecule has 0 saturated heterocycles. The molecule has 1 heteroatoms. The molecular formula is C17H27N. The van der Waals surface area contributed by atoms with Crippen LogP contribution in [0, 0.1) is 0 Å². The Bertz CT molecular complexity index is 320. The molecule has 1 saturated carbocycles. The maximum absolute atomic E-state index is 3.72. The highest BCUT2D eigenvalue weighted by molar-refractivity contribution is 5.45. The van der Waals surface area contributed by atoms with Gasteiger partial charge in [0.2, 0.25) is 0 Å². The van der Waals surface area contributed by atoms with Crippen molar-refractivity contribution in [3.63, 3.8) is 0 Å². The van der Waals surface area contributed by atoms with Crippen LogP contribution >= 0.6 is 0 Å². The summed E-state index contributed by atoms with van der Waals surface area (Å²) in [6.45, 7) is 2.24. The second-order valence-corrected chi connectivity index (χ2v) is 5.63. The van der Waals surface area contributed by atoms with Crippen LogP contribution in [0.25, 0.3) is 0 Å². The second kappa shape index (κ2) is 7.45. The molecule has 0 unspecified atom stereocenters. The van der Waals surface area contributed by atoms with Crippen LogP contribution in [0.2, 0.25) is 0 Å². The highest BCUT2D eigenvalue weighted by Gasteiger charge is 2.10. The predicted octanol–water partition coefficient (Wildman–Crippen LogP) is 5.16. The molecule has 0 heterocycles. The zero-order chi connectivity index (χ0) is 12.6. The van der Waals surface area contributed by atoms with Crippen LogP contribution in [0.15, 0.2) is 24.3 Å². The topological polar surface area (TPSA) is 12.0 Å². The van der Waals surface area contributed by atoms with Gasteiger partial charge in [-0.1, -0.05) is 57.6 Å². The lowest BCUT2D eigenvalue weighted by Gasteiger charge is -2.22. The predicted molar refractivity (Wildman–Crippen MR) is 80.2 cm³/mol. The molecule has 1 aliphatic rings. The number of rotatable bonds is 4. The third-order valence-corrected chi connectivity index (χ3v) is 3.97. The van der Waals surface area contributed by atoms with E-state index in [9.17, 15) is 0 Å².